The maximum absolute atomic E-state index is 11.8. The molecule has 9 aromatic heterocycles. The van der Waals surface area contributed by atoms with E-state index in [0.717, 1.165) is 32.7 Å². The number of nitrogen functional groups attached to an aromatic ring is 1. The van der Waals surface area contributed by atoms with Crippen LogP contribution in [-0.4, -0.2) is 122 Å². The molecule has 9 heterocycles. The molecular formula is C87H92Cl6N30O7. The van der Waals surface area contributed by atoms with Gasteiger partial charge in [0, 0.05) is 16.2 Å². The van der Waals surface area contributed by atoms with E-state index in [1.807, 2.05) is 150 Å². The number of carbonyl (C=O) groups is 7. The van der Waals surface area contributed by atoms with Crippen molar-refractivity contribution in [2.45, 2.75) is 116 Å². The Morgan fingerprint density at radius 2 is 0.654 bits per heavy atom. The predicted molar refractivity (Wildman–Crippen MR) is 508 cm³/mol. The number of fused-ring (bicyclic) bond motifs is 3. The Hall–Kier alpha value is -15.4. The van der Waals surface area contributed by atoms with Crippen LogP contribution in [-0.2, 0) is 28.8 Å². The predicted octanol–water partition coefficient (Wildman–Crippen LogP) is 12.6. The van der Waals surface area contributed by atoms with Crippen LogP contribution in [0.2, 0.25) is 25.8 Å². The van der Waals surface area contributed by atoms with Crippen LogP contribution in [0.4, 0.5) is 57.8 Å². The number of para-hydroxylation sites is 3. The van der Waals surface area contributed by atoms with Crippen molar-refractivity contribution in [2.75, 3.05) is 43.0 Å². The molecule has 37 nitrogen and oxygen atoms in total. The lowest BCUT2D eigenvalue weighted by atomic mass is 10.2. The van der Waals surface area contributed by atoms with Crippen molar-refractivity contribution >= 4 is 202 Å². The van der Waals surface area contributed by atoms with Gasteiger partial charge in [0.05, 0.1) is 91.6 Å². The van der Waals surface area contributed by atoms with Gasteiger partial charge in [-0.1, -0.05) is 154 Å². The van der Waals surface area contributed by atoms with Crippen molar-refractivity contribution in [1.82, 2.24) is 44.9 Å². The summed E-state index contributed by atoms with van der Waals surface area (Å²) in [6.07, 6.45) is 8.27. The van der Waals surface area contributed by atoms with Crippen molar-refractivity contribution in [3.05, 3.63) is 242 Å². The van der Waals surface area contributed by atoms with Gasteiger partial charge in [-0.2, -0.15) is 26.3 Å². The molecule has 0 saturated carbocycles. The van der Waals surface area contributed by atoms with Crippen LogP contribution in [0.15, 0.2) is 182 Å². The Kier molecular flexibility index (Phi) is 45.4. The van der Waals surface area contributed by atoms with Gasteiger partial charge in [-0.25, -0.2) is 29.9 Å². The number of carbonyl (C=O) groups excluding carboxylic acids is 7. The highest BCUT2D eigenvalue weighted by molar-refractivity contribution is 6.33. The summed E-state index contributed by atoms with van der Waals surface area (Å²) in [5, 5.41) is 68.4. The summed E-state index contributed by atoms with van der Waals surface area (Å²) >= 11 is 28.2. The second-order valence-corrected chi connectivity index (χ2v) is 28.5. The maximum atomic E-state index is 11.8. The smallest absolute Gasteiger partial charge is 0.252 e. The standard InChI is InChI=1S/C19H20N6O2.C19H18N6O.3C10H11ClN4O.C9H8N2.C6H2Cl2N2.C4H10N2O.ClH/c1-2-14(18(21)27)24-16-8-7-13(17(20)26)19(25-16)23-12-9-11-5-3-4-6-15(11)22-10-12;1-2-15(18(21)26)24-17-8-7-13(10-20)19(25-17)23-14-9-12-5-3-4-6-16(12)22-11-14;1-2-7(9(13)16)14-10-6(5-12)3-4-8(11)15-10;2*1-2-7(10(13)16)14-8-4-3-6(5-12)9(11)15-8;10-8-5-7-3-1-2-4-9(7)11-6-8;7-5-2-1-4(3-9)6(8)10-5;1-2-3(5)4(6)7;/h3-10,14H,2H2,1H3,(H2,20,26)(H2,21,27)(H2,23,24,25);3-9,11,15H,2H2,1H3,(H2,21,26)(H2,23,24,25);3*3-4,7H,2H2,1H3,(H2,13,16)(H,14,15);1-6H,10H2;1-2H;3H,2,5H2,1H3,(H2,6,7);1H/t14-;15-;3*7-;;;3-;/m11111..1./s1. The average molecular weight is 1880 g/mol. The Morgan fingerprint density at radius 3 is 1.00 bits per heavy atom. The number of aromatic nitrogens is 9. The van der Waals surface area contributed by atoms with Gasteiger partial charge in [0.15, 0.2) is 5.82 Å². The summed E-state index contributed by atoms with van der Waals surface area (Å²) in [4.78, 5) is 115. The zero-order valence-electron chi connectivity index (χ0n) is 70.6. The number of halogens is 6. The number of nitriles is 5. The number of hydrogen-bond acceptors (Lipinski definition) is 30. The van der Waals surface area contributed by atoms with Crippen LogP contribution in [0.5, 0.6) is 0 Å². The van der Waals surface area contributed by atoms with Crippen LogP contribution in [0.3, 0.4) is 0 Å². The topological polar surface area (TPSA) is 673 Å². The van der Waals surface area contributed by atoms with E-state index in [1.54, 1.807) is 61.9 Å². The van der Waals surface area contributed by atoms with Gasteiger partial charge in [-0.05, 0) is 148 Å². The first-order valence-corrected chi connectivity index (χ1v) is 40.8. The normalized spacial score (nSPS) is 11.3. The average Bonchev–Trinajstić information content (AvgIpc) is 0.813. The first kappa shape index (κ1) is 107. The lowest BCUT2D eigenvalue weighted by molar-refractivity contribution is -0.120. The molecule has 43 heteroatoms. The van der Waals surface area contributed by atoms with E-state index < -0.39 is 77.6 Å². The first-order chi connectivity index (χ1) is 61.6. The summed E-state index contributed by atoms with van der Waals surface area (Å²) in [5.41, 5.74) is 53.9. The van der Waals surface area contributed by atoms with E-state index in [4.69, 9.17) is 131 Å². The fourth-order valence-electron chi connectivity index (χ4n) is 10.5. The monoisotopic (exact) mass is 1880 g/mol. The SMILES string of the molecule is CC[C@@H](N)C(N)=O.CC[C@@H](Nc1ccc(C#N)c(Cl)n1)C(N)=O.CC[C@@H](Nc1ccc(C#N)c(Cl)n1)C(N)=O.CC[C@@H](Nc1ccc(C#N)c(Nc2cnc3ccccc3c2)n1)C(N)=O.CC[C@@H](Nc1ccc(C(N)=O)c(Nc2cnc3ccccc3c2)n1)C(N)=O.CC[C@@H](Nc1nc(Cl)ccc1C#N)C(N)=O.Cl.N#Cc1ccc(Cl)nc1Cl.Nc1cnc2ccccc2c1. The van der Waals surface area contributed by atoms with E-state index in [1.165, 1.54) is 36.4 Å². The molecule has 0 spiro atoms. The zero-order valence-corrected chi connectivity index (χ0v) is 75.2. The molecule has 130 heavy (non-hydrogen) atoms. The third-order valence-corrected chi connectivity index (χ3v) is 18.8. The number of benzene rings is 3. The largest absolute Gasteiger partial charge is 0.397 e. The molecule has 3 aromatic carbocycles. The van der Waals surface area contributed by atoms with Gasteiger partial charge in [0.1, 0.15) is 121 Å². The van der Waals surface area contributed by atoms with E-state index in [9.17, 15) is 38.8 Å². The van der Waals surface area contributed by atoms with Gasteiger partial charge in [0.2, 0.25) is 35.4 Å². The number of rotatable bonds is 27. The van der Waals surface area contributed by atoms with Crippen LogP contribution in [0.1, 0.15) is 118 Å². The number of nitrogens with two attached hydrogens (primary N) is 9. The molecule has 12 rings (SSSR count). The number of amides is 7. The minimum atomic E-state index is -0.618. The van der Waals surface area contributed by atoms with Crippen molar-refractivity contribution in [2.24, 2.45) is 45.9 Å². The maximum Gasteiger partial charge on any atom is 0.252 e. The molecule has 0 fully saturated rings. The van der Waals surface area contributed by atoms with Crippen molar-refractivity contribution in [3.8, 4) is 30.3 Å². The number of nitrogens with zero attached hydrogens (tertiary/aromatic N) is 14. The van der Waals surface area contributed by atoms with Crippen molar-refractivity contribution in [1.29, 1.82) is 26.3 Å². The third-order valence-electron chi connectivity index (χ3n) is 17.5. The van der Waals surface area contributed by atoms with Gasteiger partial charge < -0.3 is 88.8 Å². The lowest BCUT2D eigenvalue weighted by Gasteiger charge is -2.16. The van der Waals surface area contributed by atoms with E-state index >= 15 is 0 Å². The molecule has 12 aromatic rings. The molecule has 0 unspecified atom stereocenters. The first-order valence-electron chi connectivity index (χ1n) is 38.9. The van der Waals surface area contributed by atoms with Crippen LogP contribution >= 0.6 is 70.4 Å². The van der Waals surface area contributed by atoms with E-state index in [2.05, 4.69) is 88.1 Å². The number of hydrogen-bond donors (Lipinski definition) is 16. The summed E-state index contributed by atoms with van der Waals surface area (Å²) in [7, 11) is 0. The summed E-state index contributed by atoms with van der Waals surface area (Å²) < 4.78 is 0. The molecular weight excluding hydrogens is 1790 g/mol. The number of primary amides is 7. The number of pyridine rings is 9. The van der Waals surface area contributed by atoms with Crippen LogP contribution in [0, 0.1) is 56.7 Å². The quantitative estimate of drug-likeness (QED) is 0.0213. The summed E-state index contributed by atoms with van der Waals surface area (Å²) in [6.45, 7) is 11.0. The molecule has 0 aliphatic heterocycles. The molecule has 0 radical (unpaired) electrons. The molecule has 0 aliphatic carbocycles. The van der Waals surface area contributed by atoms with E-state index in [-0.39, 0.29) is 50.2 Å². The second-order valence-electron chi connectivity index (χ2n) is 26.7. The number of anilines is 10. The van der Waals surface area contributed by atoms with Crippen molar-refractivity contribution < 1.29 is 33.6 Å². The van der Waals surface area contributed by atoms with Gasteiger partial charge in [0.25, 0.3) is 5.91 Å². The highest BCUT2D eigenvalue weighted by Gasteiger charge is 2.21. The molecule has 0 aliphatic rings. The summed E-state index contributed by atoms with van der Waals surface area (Å²) in [6, 6.07) is 54.4. The highest BCUT2D eigenvalue weighted by Crippen LogP contribution is 2.28. The highest BCUT2D eigenvalue weighted by atomic mass is 35.5. The Morgan fingerprint density at radius 1 is 0.346 bits per heavy atom. The van der Waals surface area contributed by atoms with Gasteiger partial charge in [-0.3, -0.25) is 48.5 Å². The van der Waals surface area contributed by atoms with E-state index in [0.29, 0.717) is 118 Å². The molecule has 6 atom stereocenters. The minimum Gasteiger partial charge on any atom is -0.397 e. The second kappa shape index (κ2) is 55.2. The molecule has 0 bridgehead atoms. The van der Waals surface area contributed by atoms with Crippen molar-refractivity contribution in [3.63, 3.8) is 0 Å². The molecule has 674 valence electrons. The Bertz CT molecular complexity index is 6070. The molecule has 7 amide bonds. The Balaban J connectivity index is 0.000000320. The summed E-state index contributed by atoms with van der Waals surface area (Å²) in [5.74, 6) is -0.730. The third kappa shape index (κ3) is 34.9. The van der Waals surface area contributed by atoms with Crippen LogP contribution in [0.25, 0.3) is 32.7 Å². The zero-order chi connectivity index (χ0) is 95.4. The number of nitrogens with one attached hydrogen (secondary N) is 7. The Labute approximate surface area is 779 Å². The fourth-order valence-corrected chi connectivity index (χ4v) is 11.4. The van der Waals surface area contributed by atoms with Crippen LogP contribution < -0.4 is 88.8 Å². The lowest BCUT2D eigenvalue weighted by Crippen LogP contribution is -2.35. The fraction of sp³-hybridized carbons (Fsp3) is 0.207. The molecule has 25 N–H and O–H groups in total. The van der Waals surface area contributed by atoms with Gasteiger partial charge >= 0.3 is 0 Å². The molecule has 0 saturated heterocycles. The minimum absolute atomic E-state index is 0. The van der Waals surface area contributed by atoms with Gasteiger partial charge in [-0.15, -0.1) is 12.4 Å².